The number of urea groups is 1. The molecule has 1 N–H and O–H groups in total. The number of hydrogen-bond donors (Lipinski definition) is 1. The highest BCUT2D eigenvalue weighted by molar-refractivity contribution is 7.10. The zero-order valence-corrected chi connectivity index (χ0v) is 20.7. The molecule has 0 saturated carbocycles. The second-order valence-corrected chi connectivity index (χ2v) is 9.79. The van der Waals surface area contributed by atoms with E-state index in [1.165, 1.54) is 4.88 Å². The number of thiophene rings is 1. The first-order valence-electron chi connectivity index (χ1n) is 11.6. The van der Waals surface area contributed by atoms with Gasteiger partial charge in [0, 0.05) is 23.2 Å². The quantitative estimate of drug-likeness (QED) is 0.489. The van der Waals surface area contributed by atoms with Gasteiger partial charge in [0.2, 0.25) is 5.91 Å². The number of amides is 3. The summed E-state index contributed by atoms with van der Waals surface area (Å²) in [6.07, 6.45) is 0.817. The van der Waals surface area contributed by atoms with E-state index in [0.717, 1.165) is 23.3 Å². The number of carbonyl (C=O) groups excluding carboxylic acids is 2. The van der Waals surface area contributed by atoms with Gasteiger partial charge in [-0.2, -0.15) is 0 Å². The van der Waals surface area contributed by atoms with E-state index in [2.05, 4.69) is 16.8 Å². The Labute approximate surface area is 205 Å². The number of para-hydroxylation sites is 1. The molecule has 0 unspecified atom stereocenters. The molecule has 0 radical (unpaired) electrons. The molecular weight excluding hydrogens is 446 g/mol. The number of rotatable bonds is 7. The molecule has 0 saturated heterocycles. The highest BCUT2D eigenvalue weighted by Gasteiger charge is 2.34. The summed E-state index contributed by atoms with van der Waals surface area (Å²) in [5, 5.41) is 4.99. The van der Waals surface area contributed by atoms with Crippen molar-refractivity contribution in [3.8, 4) is 5.75 Å². The summed E-state index contributed by atoms with van der Waals surface area (Å²) >= 11 is 1.72. The molecule has 1 aromatic heterocycles. The fourth-order valence-electron chi connectivity index (χ4n) is 4.12. The third kappa shape index (κ3) is 5.59. The summed E-state index contributed by atoms with van der Waals surface area (Å²) in [5.41, 5.74) is 2.97. The lowest BCUT2D eigenvalue weighted by Crippen LogP contribution is -2.50. The molecular formula is C27H31N3O3S. The predicted molar refractivity (Wildman–Crippen MR) is 136 cm³/mol. The molecule has 4 rings (SSSR count). The molecule has 0 spiro atoms. The van der Waals surface area contributed by atoms with Gasteiger partial charge in [0.1, 0.15) is 18.9 Å². The first kappa shape index (κ1) is 23.8. The molecule has 34 heavy (non-hydrogen) atoms. The van der Waals surface area contributed by atoms with Gasteiger partial charge in [0.05, 0.1) is 6.04 Å². The Hall–Kier alpha value is -3.32. The van der Waals surface area contributed by atoms with Crippen LogP contribution in [0.2, 0.25) is 0 Å². The molecule has 0 fully saturated rings. The van der Waals surface area contributed by atoms with Crippen LogP contribution >= 0.6 is 11.3 Å². The van der Waals surface area contributed by atoms with Crippen LogP contribution in [0.1, 0.15) is 35.9 Å². The molecule has 6 nitrogen and oxygen atoms in total. The molecule has 0 aliphatic carbocycles. The standard InChI is InChI=1S/C27H31N3O3S/c1-19(2)30(27(32)28-21-11-9-20(3)10-12-21)17-26(31)29-15-13-25-23(14-16-34-25)24(29)18-33-22-7-5-4-6-8-22/h4-12,14,16,19,24H,13,15,17-18H2,1-3H3,(H,28,32)/t24-/m1/s1. The molecule has 2 aromatic carbocycles. The Morgan fingerprint density at radius 3 is 2.56 bits per heavy atom. The lowest BCUT2D eigenvalue weighted by atomic mass is 10.0. The number of fused-ring (bicyclic) bond motifs is 1. The van der Waals surface area contributed by atoms with E-state index in [9.17, 15) is 9.59 Å². The number of anilines is 1. The van der Waals surface area contributed by atoms with Gasteiger partial charge in [-0.15, -0.1) is 11.3 Å². The lowest BCUT2D eigenvalue weighted by Gasteiger charge is -2.37. The summed E-state index contributed by atoms with van der Waals surface area (Å²) in [7, 11) is 0. The van der Waals surface area contributed by atoms with Gasteiger partial charge in [-0.05, 0) is 68.5 Å². The van der Waals surface area contributed by atoms with Crippen molar-refractivity contribution in [2.24, 2.45) is 0 Å². The number of carbonyl (C=O) groups is 2. The number of benzene rings is 2. The van der Waals surface area contributed by atoms with E-state index in [0.29, 0.717) is 18.8 Å². The van der Waals surface area contributed by atoms with Crippen molar-refractivity contribution < 1.29 is 14.3 Å². The van der Waals surface area contributed by atoms with Gasteiger partial charge in [-0.1, -0.05) is 35.9 Å². The minimum atomic E-state index is -0.280. The Bertz CT molecular complexity index is 1110. The van der Waals surface area contributed by atoms with Crippen LogP contribution in [-0.4, -0.2) is 47.5 Å². The van der Waals surface area contributed by atoms with Gasteiger partial charge in [0.25, 0.3) is 0 Å². The third-order valence-electron chi connectivity index (χ3n) is 6.06. The summed E-state index contributed by atoms with van der Waals surface area (Å²) in [6, 6.07) is 18.8. The number of aryl methyl sites for hydroxylation is 1. The Morgan fingerprint density at radius 2 is 1.85 bits per heavy atom. The first-order valence-corrected chi connectivity index (χ1v) is 12.5. The van der Waals surface area contributed by atoms with E-state index < -0.39 is 0 Å². The molecule has 0 bridgehead atoms. The van der Waals surface area contributed by atoms with Gasteiger partial charge < -0.3 is 19.9 Å². The zero-order valence-electron chi connectivity index (χ0n) is 19.9. The highest BCUT2D eigenvalue weighted by Crippen LogP contribution is 2.34. The predicted octanol–water partition coefficient (Wildman–Crippen LogP) is 5.50. The van der Waals surface area contributed by atoms with Crippen LogP contribution in [0.5, 0.6) is 5.75 Å². The number of nitrogens with one attached hydrogen (secondary N) is 1. The Balaban J connectivity index is 1.48. The smallest absolute Gasteiger partial charge is 0.322 e. The van der Waals surface area contributed by atoms with Crippen LogP contribution in [0.25, 0.3) is 0 Å². The molecule has 3 amide bonds. The maximum Gasteiger partial charge on any atom is 0.322 e. The molecule has 178 valence electrons. The van der Waals surface area contributed by atoms with Crippen molar-refractivity contribution in [2.75, 3.05) is 25.0 Å². The number of ether oxygens (including phenoxy) is 1. The molecule has 1 aliphatic rings. The van der Waals surface area contributed by atoms with Crippen molar-refractivity contribution in [3.05, 3.63) is 82.0 Å². The van der Waals surface area contributed by atoms with Crippen LogP contribution in [0.15, 0.2) is 66.0 Å². The number of hydrogen-bond acceptors (Lipinski definition) is 4. The third-order valence-corrected chi connectivity index (χ3v) is 7.06. The minimum absolute atomic E-state index is 0.0106. The second kappa shape index (κ2) is 10.7. The van der Waals surface area contributed by atoms with Crippen molar-refractivity contribution >= 4 is 29.0 Å². The second-order valence-electron chi connectivity index (χ2n) is 8.79. The highest BCUT2D eigenvalue weighted by atomic mass is 32.1. The topological polar surface area (TPSA) is 61.9 Å². The van der Waals surface area contributed by atoms with Crippen molar-refractivity contribution in [3.63, 3.8) is 0 Å². The van der Waals surface area contributed by atoms with Crippen LogP contribution in [-0.2, 0) is 11.2 Å². The summed E-state index contributed by atoms with van der Waals surface area (Å²) in [5.74, 6) is 0.699. The van der Waals surface area contributed by atoms with E-state index >= 15 is 0 Å². The average Bonchev–Trinajstić information content (AvgIpc) is 3.32. The Morgan fingerprint density at radius 1 is 1.12 bits per heavy atom. The van der Waals surface area contributed by atoms with Crippen molar-refractivity contribution in [1.82, 2.24) is 9.80 Å². The fourth-order valence-corrected chi connectivity index (χ4v) is 5.05. The van der Waals surface area contributed by atoms with E-state index in [-0.39, 0.29) is 30.6 Å². The summed E-state index contributed by atoms with van der Waals surface area (Å²) < 4.78 is 6.06. The van der Waals surface area contributed by atoms with Gasteiger partial charge in [0.15, 0.2) is 0 Å². The van der Waals surface area contributed by atoms with Crippen LogP contribution in [0.4, 0.5) is 10.5 Å². The van der Waals surface area contributed by atoms with Crippen molar-refractivity contribution in [2.45, 2.75) is 39.3 Å². The molecule has 7 heteroatoms. The van der Waals surface area contributed by atoms with Gasteiger partial charge in [-0.25, -0.2) is 4.79 Å². The van der Waals surface area contributed by atoms with Crippen molar-refractivity contribution in [1.29, 1.82) is 0 Å². The monoisotopic (exact) mass is 477 g/mol. The molecule has 3 aromatic rings. The lowest BCUT2D eigenvalue weighted by molar-refractivity contribution is -0.135. The van der Waals surface area contributed by atoms with Gasteiger partial charge >= 0.3 is 6.03 Å². The normalized spacial score (nSPS) is 15.1. The summed E-state index contributed by atoms with van der Waals surface area (Å²) in [6.45, 7) is 6.84. The summed E-state index contributed by atoms with van der Waals surface area (Å²) in [4.78, 5) is 31.3. The maximum atomic E-state index is 13.5. The molecule has 1 aliphatic heterocycles. The molecule has 1 atom stereocenters. The van der Waals surface area contributed by atoms with E-state index in [1.807, 2.05) is 80.3 Å². The van der Waals surface area contributed by atoms with Crippen LogP contribution in [0, 0.1) is 6.92 Å². The largest absolute Gasteiger partial charge is 0.491 e. The number of nitrogens with zero attached hydrogens (tertiary/aromatic N) is 2. The Kier molecular flexibility index (Phi) is 7.53. The maximum absolute atomic E-state index is 13.5. The van der Waals surface area contributed by atoms with E-state index in [4.69, 9.17) is 4.74 Å². The fraction of sp³-hybridized carbons (Fsp3) is 0.333. The van der Waals surface area contributed by atoms with Crippen LogP contribution < -0.4 is 10.1 Å². The SMILES string of the molecule is Cc1ccc(NC(=O)N(CC(=O)N2CCc3sccc3[C@H]2COc2ccccc2)C(C)C)cc1. The van der Waals surface area contributed by atoms with Crippen LogP contribution in [0.3, 0.4) is 0 Å². The first-order chi connectivity index (χ1) is 16.4. The zero-order chi connectivity index (χ0) is 24.1. The van der Waals surface area contributed by atoms with Gasteiger partial charge in [-0.3, -0.25) is 4.79 Å². The van der Waals surface area contributed by atoms with E-state index in [1.54, 1.807) is 16.2 Å². The minimum Gasteiger partial charge on any atom is -0.491 e. The molecule has 2 heterocycles. The average molecular weight is 478 g/mol.